The van der Waals surface area contributed by atoms with Crippen LogP contribution in [-0.2, 0) is 10.0 Å². The number of primary sulfonamides is 1. The van der Waals surface area contributed by atoms with Crippen molar-refractivity contribution in [2.45, 2.75) is 4.90 Å². The van der Waals surface area contributed by atoms with Crippen LogP contribution >= 0.6 is 22.6 Å². The van der Waals surface area contributed by atoms with Gasteiger partial charge < -0.3 is 5.11 Å². The smallest absolute Gasteiger partial charge is 0.241 e. The van der Waals surface area contributed by atoms with Crippen LogP contribution in [0.25, 0.3) is 0 Å². The molecular weight excluding hydrogens is 293 g/mol. The maximum absolute atomic E-state index is 10.8. The van der Waals surface area contributed by atoms with Gasteiger partial charge in [0.25, 0.3) is 0 Å². The summed E-state index contributed by atoms with van der Waals surface area (Å²) in [5, 5.41) is 14.0. The van der Waals surface area contributed by atoms with Gasteiger partial charge in [-0.15, -0.1) is 0 Å². The van der Waals surface area contributed by atoms with Crippen LogP contribution in [0.1, 0.15) is 0 Å². The van der Waals surface area contributed by atoms with Crippen molar-refractivity contribution in [2.75, 3.05) is 0 Å². The number of halogens is 1. The number of aromatic hydroxyl groups is 1. The van der Waals surface area contributed by atoms with E-state index in [4.69, 9.17) is 10.2 Å². The number of phenols is 1. The van der Waals surface area contributed by atoms with E-state index in [0.29, 0.717) is 0 Å². The third-order valence-electron chi connectivity index (χ3n) is 1.23. The molecule has 1 rings (SSSR count). The standard InChI is InChI=1S/C6H6INO3S/c7-4-1-2-6(5(9)3-4)12(8,10)11/h1-3,9H,(H2,8,10,11). The van der Waals surface area contributed by atoms with E-state index in [9.17, 15) is 8.42 Å². The van der Waals surface area contributed by atoms with Gasteiger partial charge in [-0.25, -0.2) is 13.6 Å². The van der Waals surface area contributed by atoms with Crippen LogP contribution in [0.5, 0.6) is 5.75 Å². The predicted molar refractivity (Wildman–Crippen MR) is 52.2 cm³/mol. The lowest BCUT2D eigenvalue weighted by atomic mass is 10.3. The van der Waals surface area contributed by atoms with E-state index in [2.05, 4.69) is 0 Å². The fraction of sp³-hybridized carbons (Fsp3) is 0. The van der Waals surface area contributed by atoms with Crippen LogP contribution in [0.4, 0.5) is 0 Å². The maximum Gasteiger partial charge on any atom is 0.241 e. The molecule has 0 saturated heterocycles. The average Bonchev–Trinajstić information content (AvgIpc) is 1.83. The molecule has 0 spiro atoms. The summed E-state index contributed by atoms with van der Waals surface area (Å²) in [7, 11) is -3.80. The summed E-state index contributed by atoms with van der Waals surface area (Å²) < 4.78 is 22.3. The molecule has 1 aromatic rings. The molecule has 0 amide bonds. The number of benzene rings is 1. The quantitative estimate of drug-likeness (QED) is 0.747. The highest BCUT2D eigenvalue weighted by atomic mass is 127. The highest BCUT2D eigenvalue weighted by Gasteiger charge is 2.12. The van der Waals surface area contributed by atoms with Crippen LogP contribution in [-0.4, -0.2) is 13.5 Å². The summed E-state index contributed by atoms with van der Waals surface area (Å²) in [6.07, 6.45) is 0. The Balaban J connectivity index is 3.39. The molecule has 12 heavy (non-hydrogen) atoms. The van der Waals surface area contributed by atoms with Crippen molar-refractivity contribution < 1.29 is 13.5 Å². The van der Waals surface area contributed by atoms with Crippen LogP contribution < -0.4 is 5.14 Å². The zero-order valence-corrected chi connectivity index (χ0v) is 8.83. The van der Waals surface area contributed by atoms with Crippen LogP contribution in [0.15, 0.2) is 23.1 Å². The molecule has 0 atom stereocenters. The third-order valence-corrected chi connectivity index (χ3v) is 2.86. The van der Waals surface area contributed by atoms with Crippen molar-refractivity contribution in [3.05, 3.63) is 21.8 Å². The number of hydrogen-bond acceptors (Lipinski definition) is 3. The fourth-order valence-corrected chi connectivity index (χ4v) is 1.81. The Labute approximate surface area is 83.6 Å². The Hall–Kier alpha value is -0.340. The first-order chi connectivity index (χ1) is 5.41. The van der Waals surface area contributed by atoms with Gasteiger partial charge >= 0.3 is 0 Å². The Bertz CT molecular complexity index is 401. The van der Waals surface area contributed by atoms with Gasteiger partial charge in [-0.2, -0.15) is 0 Å². The first kappa shape index (κ1) is 9.75. The lowest BCUT2D eigenvalue weighted by Crippen LogP contribution is -2.12. The zero-order valence-electron chi connectivity index (χ0n) is 5.86. The summed E-state index contributed by atoms with van der Waals surface area (Å²) >= 11 is 1.95. The molecule has 0 aromatic heterocycles. The van der Waals surface area contributed by atoms with E-state index >= 15 is 0 Å². The molecule has 0 aliphatic heterocycles. The van der Waals surface area contributed by atoms with Gasteiger partial charge in [-0.1, -0.05) is 0 Å². The van der Waals surface area contributed by atoms with Crippen molar-refractivity contribution in [3.63, 3.8) is 0 Å². The first-order valence-corrected chi connectivity index (χ1v) is 5.55. The van der Waals surface area contributed by atoms with Gasteiger partial charge in [0.2, 0.25) is 10.0 Å². The van der Waals surface area contributed by atoms with E-state index in [1.54, 1.807) is 6.07 Å². The van der Waals surface area contributed by atoms with Gasteiger partial charge in [0, 0.05) is 3.57 Å². The summed E-state index contributed by atoms with van der Waals surface area (Å²) in [6.45, 7) is 0. The van der Waals surface area contributed by atoms with Gasteiger partial charge in [0.15, 0.2) is 0 Å². The Morgan fingerprint density at radius 3 is 2.42 bits per heavy atom. The van der Waals surface area contributed by atoms with Crippen LogP contribution in [0, 0.1) is 3.57 Å². The van der Waals surface area contributed by atoms with Gasteiger partial charge in [0.1, 0.15) is 10.6 Å². The second-order valence-electron chi connectivity index (χ2n) is 2.16. The van der Waals surface area contributed by atoms with Gasteiger partial charge in [-0.05, 0) is 40.8 Å². The lowest BCUT2D eigenvalue weighted by Gasteiger charge is -2.00. The number of rotatable bonds is 1. The monoisotopic (exact) mass is 299 g/mol. The van der Waals surface area contributed by atoms with Crippen molar-refractivity contribution in [1.29, 1.82) is 0 Å². The minimum absolute atomic E-state index is 0.247. The number of sulfonamides is 1. The lowest BCUT2D eigenvalue weighted by molar-refractivity contribution is 0.458. The van der Waals surface area contributed by atoms with E-state index in [1.165, 1.54) is 12.1 Å². The highest BCUT2D eigenvalue weighted by Crippen LogP contribution is 2.22. The molecule has 0 radical (unpaired) electrons. The molecule has 0 bridgehead atoms. The summed E-state index contributed by atoms with van der Waals surface area (Å²) in [5.74, 6) is -0.315. The normalized spacial score (nSPS) is 11.5. The molecular formula is C6H6INO3S. The zero-order chi connectivity index (χ0) is 9.35. The fourth-order valence-electron chi connectivity index (χ4n) is 0.731. The third kappa shape index (κ3) is 2.08. The van der Waals surface area contributed by atoms with Crippen molar-refractivity contribution in [2.24, 2.45) is 5.14 Å². The van der Waals surface area contributed by atoms with Crippen molar-refractivity contribution in [3.8, 4) is 5.75 Å². The van der Waals surface area contributed by atoms with E-state index in [0.717, 1.165) is 3.57 Å². The Kier molecular flexibility index (Phi) is 2.59. The Morgan fingerprint density at radius 1 is 1.42 bits per heavy atom. The molecule has 4 nitrogen and oxygen atoms in total. The second kappa shape index (κ2) is 3.19. The minimum Gasteiger partial charge on any atom is -0.506 e. The molecule has 66 valence electrons. The van der Waals surface area contributed by atoms with Crippen molar-refractivity contribution in [1.82, 2.24) is 0 Å². The summed E-state index contributed by atoms with van der Waals surface area (Å²) in [5.41, 5.74) is 0. The SMILES string of the molecule is NS(=O)(=O)c1ccc(I)cc1O. The van der Waals surface area contributed by atoms with E-state index < -0.39 is 10.0 Å². The van der Waals surface area contributed by atoms with E-state index in [-0.39, 0.29) is 10.6 Å². The summed E-state index contributed by atoms with van der Waals surface area (Å²) in [6, 6.07) is 4.16. The molecule has 0 saturated carbocycles. The Morgan fingerprint density at radius 2 is 2.00 bits per heavy atom. The predicted octanol–water partition coefficient (Wildman–Crippen LogP) is 0.644. The largest absolute Gasteiger partial charge is 0.506 e. The van der Waals surface area contributed by atoms with Gasteiger partial charge in [0.05, 0.1) is 0 Å². The summed E-state index contributed by atoms with van der Waals surface area (Å²) in [4.78, 5) is -0.247. The number of hydrogen-bond donors (Lipinski definition) is 2. The topological polar surface area (TPSA) is 80.4 Å². The highest BCUT2D eigenvalue weighted by molar-refractivity contribution is 14.1. The average molecular weight is 299 g/mol. The molecule has 0 heterocycles. The maximum atomic E-state index is 10.8. The number of nitrogens with two attached hydrogens (primary N) is 1. The molecule has 0 fully saturated rings. The molecule has 0 unspecified atom stereocenters. The molecule has 0 aliphatic rings. The number of phenolic OH excluding ortho intramolecular Hbond substituents is 1. The molecule has 6 heteroatoms. The van der Waals surface area contributed by atoms with Gasteiger partial charge in [-0.3, -0.25) is 0 Å². The molecule has 0 aliphatic carbocycles. The second-order valence-corrected chi connectivity index (χ2v) is 4.93. The van der Waals surface area contributed by atoms with E-state index in [1.807, 2.05) is 22.6 Å². The molecule has 3 N–H and O–H groups in total. The minimum atomic E-state index is -3.80. The van der Waals surface area contributed by atoms with Crippen molar-refractivity contribution >= 4 is 32.6 Å². The van der Waals surface area contributed by atoms with Crippen LogP contribution in [0.3, 0.4) is 0 Å². The first-order valence-electron chi connectivity index (χ1n) is 2.92. The van der Waals surface area contributed by atoms with Crippen LogP contribution in [0.2, 0.25) is 0 Å². The molecule has 1 aromatic carbocycles.